The fourth-order valence-electron chi connectivity index (χ4n) is 7.08. The molecule has 12 N–H and O–H groups in total. The summed E-state index contributed by atoms with van der Waals surface area (Å²) in [6.45, 7) is 0.560. The molecule has 1 atom stereocenters. The largest absolute Gasteiger partial charge is 0.459 e. The molecule has 7 rings (SSSR count). The van der Waals surface area contributed by atoms with Crippen LogP contribution in [0.15, 0.2) is 70.3 Å². The van der Waals surface area contributed by atoms with Crippen LogP contribution >= 0.6 is 24.4 Å². The van der Waals surface area contributed by atoms with E-state index >= 15 is 0 Å². The Hall–Kier alpha value is -6.15. The maximum Gasteiger partial charge on any atom is 0.388 e. The fraction of sp³-hybridized carbons (Fsp3) is 0.381. The molecule has 68 heavy (non-hydrogen) atoms. The van der Waals surface area contributed by atoms with Crippen LogP contribution in [0.3, 0.4) is 0 Å². The van der Waals surface area contributed by atoms with Crippen LogP contribution in [0.4, 0.5) is 0 Å². The number of unbranched alkanes of at least 4 members (excludes halogenated alkanes) is 1. The number of nitrogens with one attached hydrogen (secondary N) is 4. The average Bonchev–Trinajstić information content (AvgIpc) is 3.30. The first-order valence-electron chi connectivity index (χ1n) is 21.3. The molecule has 3 aliphatic rings. The SMILES string of the molecule is NCCCC[C@H]1CNC(=O)c2ccc(c(=O)n2O)C(=O)NCCC[N+](=C(O)c2cccc(=S)n2O)CCCC[N+](=C(O)c2cccc(=S)n2O)CCCNC(=O)c2ccc(n(O)c2=O)C(=O)N1.[Lu]. The number of hydrogen-bond donors (Lipinski definition) is 11. The van der Waals surface area contributed by atoms with E-state index < -0.39 is 63.3 Å². The van der Waals surface area contributed by atoms with Crippen LogP contribution in [0, 0.1) is 46.2 Å². The number of aliphatic hydroxyl groups is 2. The summed E-state index contributed by atoms with van der Waals surface area (Å²) in [7, 11) is 0. The van der Waals surface area contributed by atoms with Gasteiger partial charge in [-0.15, -0.1) is 9.46 Å². The van der Waals surface area contributed by atoms with Crippen LogP contribution in [-0.2, 0) is 0 Å². The van der Waals surface area contributed by atoms with Gasteiger partial charge in [-0.1, -0.05) is 43.0 Å². The fourth-order valence-corrected chi connectivity index (χ4v) is 7.44. The van der Waals surface area contributed by atoms with Gasteiger partial charge in [0.05, 0.1) is 0 Å². The standard InChI is InChI=1S/C42H51N11O12S2.Lu/c43-18-2-1-9-26-25-46-37(56)29-16-14-27(39(58)52(29)64)35(54)44-19-7-23-48(41(60)31-10-5-12-33(66)50(31)62)21-3-4-22-49(42(61)32-11-6-13-34(67)51(32)63)24-8-20-45-36(55)28-15-17-30(38(57)47-26)53(65)40(28)59;/h5-6,10-17,26,62-65H,1-4,7-9,18-25,43H2,(H4,44,45,46,47,54,55,56,57);/p+2/t26-;/m0./s1. The zero-order valence-corrected chi connectivity index (χ0v) is 39.7. The van der Waals surface area contributed by atoms with E-state index in [1.54, 1.807) is 12.1 Å². The predicted molar refractivity (Wildman–Crippen MR) is 244 cm³/mol. The molecule has 4 bridgehead atoms. The van der Waals surface area contributed by atoms with Crippen molar-refractivity contribution in [3.8, 4) is 0 Å². The van der Waals surface area contributed by atoms with Crippen LogP contribution in [0.5, 0.6) is 0 Å². The number of hydrogen-bond acceptors (Lipinski definition) is 13. The van der Waals surface area contributed by atoms with E-state index in [-0.39, 0.29) is 144 Å². The summed E-state index contributed by atoms with van der Waals surface area (Å²) in [6, 6.07) is 12.3. The van der Waals surface area contributed by atoms with Crippen molar-refractivity contribution >= 4 is 59.9 Å². The van der Waals surface area contributed by atoms with Crippen molar-refractivity contribution in [3.05, 3.63) is 125 Å². The first-order chi connectivity index (χ1) is 32.0. The van der Waals surface area contributed by atoms with Crippen LogP contribution in [0.25, 0.3) is 0 Å². The topological polar surface area (TPSA) is 324 Å². The van der Waals surface area contributed by atoms with Crippen molar-refractivity contribution < 1.29 is 96.2 Å². The number of rotatable bonds is 6. The first kappa shape index (κ1) is 54.5. The number of aliphatic hydroxyl groups excluding tert-OH is 2. The second-order valence-electron chi connectivity index (χ2n) is 15.3. The van der Waals surface area contributed by atoms with Gasteiger partial charge >= 0.3 is 11.8 Å². The number of carbonyl (C=O) groups is 4. The van der Waals surface area contributed by atoms with Crippen LogP contribution in [0.1, 0.15) is 98.0 Å². The van der Waals surface area contributed by atoms with Gasteiger partial charge in [-0.05, 0) is 67.9 Å². The summed E-state index contributed by atoms with van der Waals surface area (Å²) in [6.07, 6.45) is 2.41. The summed E-state index contributed by atoms with van der Waals surface area (Å²) >= 11 is 10.3. The molecule has 0 saturated carbocycles. The molecular formula is C42H53LuN11O12S2+2. The van der Waals surface area contributed by atoms with Gasteiger partial charge in [-0.2, -0.15) is 18.6 Å². The van der Waals surface area contributed by atoms with Crippen molar-refractivity contribution in [2.45, 2.75) is 51.0 Å². The van der Waals surface area contributed by atoms with Gasteiger partial charge < -0.3 is 58.0 Å². The molecule has 0 saturated heterocycles. The average molecular weight is 1140 g/mol. The predicted octanol–water partition coefficient (Wildman–Crippen LogP) is 0.747. The molecule has 4 amide bonds. The maximum atomic E-state index is 13.4. The molecular weight excluding hydrogens is 1090 g/mol. The van der Waals surface area contributed by atoms with E-state index in [4.69, 9.17) is 30.2 Å². The monoisotopic (exact) mass is 1140 g/mol. The van der Waals surface area contributed by atoms with Crippen molar-refractivity contribution in [2.24, 2.45) is 5.73 Å². The molecule has 4 aromatic heterocycles. The normalized spacial score (nSPS) is 17.8. The van der Waals surface area contributed by atoms with Crippen molar-refractivity contribution in [1.82, 2.24) is 40.2 Å². The molecule has 0 fully saturated rings. The third kappa shape index (κ3) is 13.7. The summed E-state index contributed by atoms with van der Waals surface area (Å²) < 4.78 is 4.40. The Kier molecular flexibility index (Phi) is 20.7. The minimum Gasteiger partial charge on any atom is -0.459 e. The molecule has 3 aliphatic heterocycles. The van der Waals surface area contributed by atoms with Gasteiger partial charge in [0.1, 0.15) is 58.0 Å². The molecule has 0 aromatic carbocycles. The molecule has 0 spiro atoms. The van der Waals surface area contributed by atoms with Gasteiger partial charge in [0.2, 0.25) is 0 Å². The van der Waals surface area contributed by atoms with Crippen LogP contribution in [0.2, 0.25) is 0 Å². The molecule has 373 valence electrons. The van der Waals surface area contributed by atoms with Crippen molar-refractivity contribution in [2.75, 3.05) is 52.4 Å². The summed E-state index contributed by atoms with van der Waals surface area (Å²) in [5.74, 6) is -4.31. The molecule has 23 nitrogen and oxygen atoms in total. The number of aromatic nitrogens is 4. The van der Waals surface area contributed by atoms with E-state index in [9.17, 15) is 59.8 Å². The summed E-state index contributed by atoms with van der Waals surface area (Å²) in [4.78, 5) is 79.2. The van der Waals surface area contributed by atoms with Gasteiger partial charge in [0.15, 0.2) is 11.4 Å². The van der Waals surface area contributed by atoms with Gasteiger partial charge in [-0.3, -0.25) is 28.8 Å². The third-order valence-corrected chi connectivity index (χ3v) is 11.3. The van der Waals surface area contributed by atoms with Crippen molar-refractivity contribution in [3.63, 3.8) is 0 Å². The molecule has 0 aliphatic carbocycles. The maximum absolute atomic E-state index is 13.4. The molecule has 0 unspecified atom stereocenters. The quantitative estimate of drug-likeness (QED) is 0.0417. The van der Waals surface area contributed by atoms with Gasteiger partial charge in [-0.25, -0.2) is 0 Å². The smallest absolute Gasteiger partial charge is 0.388 e. The number of fused-ring (bicyclic) bond motifs is 2. The zero-order valence-electron chi connectivity index (χ0n) is 36.4. The Morgan fingerprint density at radius 1 is 0.588 bits per heavy atom. The molecule has 26 heteroatoms. The van der Waals surface area contributed by atoms with Gasteiger partial charge in [0.25, 0.3) is 34.7 Å². The molecule has 4 aromatic rings. The minimum absolute atomic E-state index is 0. The molecule has 7 heterocycles. The Bertz CT molecular complexity index is 2820. The van der Waals surface area contributed by atoms with Crippen molar-refractivity contribution in [1.29, 1.82) is 0 Å². The Morgan fingerprint density at radius 3 is 1.49 bits per heavy atom. The minimum atomic E-state index is -1.21. The number of carbonyl (C=O) groups excluding carboxylic acids is 4. The number of amides is 4. The summed E-state index contributed by atoms with van der Waals surface area (Å²) in [5, 5.41) is 75.8. The van der Waals surface area contributed by atoms with Crippen LogP contribution in [-0.4, -0.2) is 153 Å². The Labute approximate surface area is 427 Å². The third-order valence-electron chi connectivity index (χ3n) is 10.7. The van der Waals surface area contributed by atoms with E-state index in [1.807, 2.05) is 0 Å². The number of nitrogens with zero attached hydrogens (tertiary/aromatic N) is 6. The Balaban J connectivity index is 0.0000101. The second-order valence-corrected chi connectivity index (χ2v) is 16.2. The van der Waals surface area contributed by atoms with E-state index in [1.165, 1.54) is 33.4 Å². The van der Waals surface area contributed by atoms with E-state index in [0.29, 0.717) is 41.7 Å². The molecule has 1 radical (unpaired) electrons. The zero-order chi connectivity index (χ0) is 48.8. The van der Waals surface area contributed by atoms with Gasteiger partial charge in [0, 0.05) is 88.2 Å². The Morgan fingerprint density at radius 2 is 1.03 bits per heavy atom. The summed E-state index contributed by atoms with van der Waals surface area (Å²) in [5.41, 5.74) is 1.15. The number of nitrogens with two attached hydrogens (primary N) is 1. The first-order valence-corrected chi connectivity index (χ1v) is 22.1. The van der Waals surface area contributed by atoms with E-state index in [2.05, 4.69) is 21.3 Å². The van der Waals surface area contributed by atoms with E-state index in [0.717, 1.165) is 24.3 Å². The van der Waals surface area contributed by atoms with Crippen LogP contribution < -0.4 is 38.1 Å². The second kappa shape index (κ2) is 25.8. The number of pyridine rings is 4.